The number of hydrogen-bond acceptors (Lipinski definition) is 3. The van der Waals surface area contributed by atoms with Crippen LogP contribution in [-0.4, -0.2) is 15.0 Å². The molecular weight excluding hydrogens is 397 g/mol. The van der Waals surface area contributed by atoms with Crippen molar-refractivity contribution < 1.29 is 18.0 Å². The number of nitrogens with zero attached hydrogens (tertiary/aromatic N) is 2. The first-order chi connectivity index (χ1) is 14.3. The molecule has 8 heteroatoms. The van der Waals surface area contributed by atoms with Gasteiger partial charge in [-0.05, 0) is 42.5 Å². The molecule has 0 fully saturated rings. The molecule has 4 aromatic rings. The smallest absolute Gasteiger partial charge is 0.268 e. The molecule has 0 bridgehead atoms. The summed E-state index contributed by atoms with van der Waals surface area (Å²) in [6, 6.07) is 17.8. The minimum atomic E-state index is -4.62. The largest absolute Gasteiger partial charge is 0.416 e. The number of halogens is 3. The van der Waals surface area contributed by atoms with Crippen molar-refractivity contribution in [1.82, 2.24) is 9.13 Å². The second-order valence-electron chi connectivity index (χ2n) is 6.49. The third kappa shape index (κ3) is 3.22. The van der Waals surface area contributed by atoms with Gasteiger partial charge in [0, 0.05) is 5.56 Å². The SMILES string of the molecule is O=C(c1ccccc1)n1c(=O)c2ccccc2n(-c2cccc(C(F)(F)F)c2)c1=O. The number of aromatic nitrogens is 2. The van der Waals surface area contributed by atoms with Crippen LogP contribution in [0.25, 0.3) is 16.6 Å². The van der Waals surface area contributed by atoms with E-state index in [1.54, 1.807) is 30.3 Å². The predicted octanol–water partition coefficient (Wildman–Crippen LogP) is 3.86. The van der Waals surface area contributed by atoms with Crippen LogP contribution in [0, 0.1) is 0 Å². The number of fused-ring (bicyclic) bond motifs is 1. The molecule has 0 amide bonds. The minimum absolute atomic E-state index is 0.0267. The van der Waals surface area contributed by atoms with Crippen molar-refractivity contribution in [2.45, 2.75) is 6.18 Å². The summed E-state index contributed by atoms with van der Waals surface area (Å²) < 4.78 is 41.0. The minimum Gasteiger partial charge on any atom is -0.268 e. The number of carbonyl (C=O) groups is 1. The third-order valence-electron chi connectivity index (χ3n) is 4.62. The van der Waals surface area contributed by atoms with Crippen LogP contribution < -0.4 is 11.2 Å². The van der Waals surface area contributed by atoms with Crippen molar-refractivity contribution in [2.75, 3.05) is 0 Å². The van der Waals surface area contributed by atoms with Gasteiger partial charge in [0.25, 0.3) is 11.5 Å². The van der Waals surface area contributed by atoms with Crippen LogP contribution >= 0.6 is 0 Å². The van der Waals surface area contributed by atoms with E-state index in [9.17, 15) is 27.6 Å². The number of hydrogen-bond donors (Lipinski definition) is 0. The maximum atomic E-state index is 13.2. The number of alkyl halides is 3. The highest BCUT2D eigenvalue weighted by Crippen LogP contribution is 2.30. The fraction of sp³-hybridized carbons (Fsp3) is 0.0455. The van der Waals surface area contributed by atoms with Crippen molar-refractivity contribution in [3.05, 3.63) is 111 Å². The van der Waals surface area contributed by atoms with E-state index in [0.29, 0.717) is 4.57 Å². The van der Waals surface area contributed by atoms with Crippen molar-refractivity contribution in [2.24, 2.45) is 0 Å². The molecule has 0 aliphatic heterocycles. The van der Waals surface area contributed by atoms with Gasteiger partial charge in [0.2, 0.25) is 0 Å². The summed E-state index contributed by atoms with van der Waals surface area (Å²) in [5, 5.41) is 0.0267. The maximum absolute atomic E-state index is 13.2. The topological polar surface area (TPSA) is 61.1 Å². The summed E-state index contributed by atoms with van der Waals surface area (Å²) in [5.74, 6) is -0.864. The zero-order valence-electron chi connectivity index (χ0n) is 15.3. The number of carbonyl (C=O) groups excluding carboxylic acids is 1. The predicted molar refractivity (Wildman–Crippen MR) is 105 cm³/mol. The van der Waals surface area contributed by atoms with Crippen LogP contribution in [0.15, 0.2) is 88.5 Å². The zero-order valence-corrected chi connectivity index (χ0v) is 15.3. The molecule has 0 aliphatic rings. The van der Waals surface area contributed by atoms with Crippen molar-refractivity contribution in [3.63, 3.8) is 0 Å². The monoisotopic (exact) mass is 410 g/mol. The average Bonchev–Trinajstić information content (AvgIpc) is 2.74. The van der Waals surface area contributed by atoms with Gasteiger partial charge in [-0.15, -0.1) is 0 Å². The molecule has 0 unspecified atom stereocenters. The van der Waals surface area contributed by atoms with Gasteiger partial charge < -0.3 is 0 Å². The number of rotatable bonds is 2. The molecule has 1 aromatic heterocycles. The van der Waals surface area contributed by atoms with E-state index < -0.39 is 28.9 Å². The molecular formula is C22H13F3N2O3. The Balaban J connectivity index is 2.08. The van der Waals surface area contributed by atoms with Gasteiger partial charge in [0.05, 0.1) is 22.2 Å². The van der Waals surface area contributed by atoms with Gasteiger partial charge in [-0.25, -0.2) is 4.79 Å². The second kappa shape index (κ2) is 7.14. The Morgan fingerprint density at radius 2 is 1.47 bits per heavy atom. The Hall–Kier alpha value is -3.94. The molecule has 4 rings (SSSR count). The normalized spacial score (nSPS) is 11.6. The first kappa shape index (κ1) is 19.4. The summed E-state index contributed by atoms with van der Waals surface area (Å²) in [4.78, 5) is 39.0. The van der Waals surface area contributed by atoms with E-state index >= 15 is 0 Å². The van der Waals surface area contributed by atoms with E-state index in [1.807, 2.05) is 0 Å². The van der Waals surface area contributed by atoms with Crippen molar-refractivity contribution in [3.8, 4) is 5.69 Å². The molecule has 3 aromatic carbocycles. The van der Waals surface area contributed by atoms with E-state index in [2.05, 4.69) is 0 Å². The first-order valence-electron chi connectivity index (χ1n) is 8.83. The Labute approximate surface area is 167 Å². The summed E-state index contributed by atoms with van der Waals surface area (Å²) in [7, 11) is 0. The van der Waals surface area contributed by atoms with E-state index in [4.69, 9.17) is 0 Å². The summed E-state index contributed by atoms with van der Waals surface area (Å²) in [6.45, 7) is 0. The van der Waals surface area contributed by atoms with Crippen LogP contribution in [0.1, 0.15) is 15.9 Å². The lowest BCUT2D eigenvalue weighted by molar-refractivity contribution is -0.137. The molecule has 0 aliphatic carbocycles. The highest BCUT2D eigenvalue weighted by molar-refractivity contribution is 5.97. The molecule has 0 spiro atoms. The van der Waals surface area contributed by atoms with Crippen LogP contribution in [0.2, 0.25) is 0 Å². The number of para-hydroxylation sites is 1. The van der Waals surface area contributed by atoms with Gasteiger partial charge in [-0.1, -0.05) is 36.4 Å². The average molecular weight is 410 g/mol. The van der Waals surface area contributed by atoms with Crippen molar-refractivity contribution in [1.29, 1.82) is 0 Å². The van der Waals surface area contributed by atoms with Crippen LogP contribution in [0.5, 0.6) is 0 Å². The first-order valence-corrected chi connectivity index (χ1v) is 8.83. The Kier molecular flexibility index (Phi) is 4.62. The molecule has 0 N–H and O–H groups in total. The lowest BCUT2D eigenvalue weighted by atomic mass is 10.1. The van der Waals surface area contributed by atoms with E-state index in [1.165, 1.54) is 30.3 Å². The molecule has 0 atom stereocenters. The number of benzene rings is 3. The maximum Gasteiger partial charge on any atom is 0.416 e. The molecule has 1 heterocycles. The van der Waals surface area contributed by atoms with Gasteiger partial charge >= 0.3 is 11.9 Å². The lowest BCUT2D eigenvalue weighted by Gasteiger charge is -2.15. The lowest BCUT2D eigenvalue weighted by Crippen LogP contribution is -2.43. The van der Waals surface area contributed by atoms with Crippen LogP contribution in [0.3, 0.4) is 0 Å². The van der Waals surface area contributed by atoms with Crippen molar-refractivity contribution >= 4 is 16.8 Å². The van der Waals surface area contributed by atoms with Crippen LogP contribution in [-0.2, 0) is 6.18 Å². The second-order valence-corrected chi connectivity index (χ2v) is 6.49. The molecule has 0 saturated heterocycles. The van der Waals surface area contributed by atoms with Gasteiger partial charge in [0.1, 0.15) is 0 Å². The summed E-state index contributed by atoms with van der Waals surface area (Å²) >= 11 is 0. The fourth-order valence-corrected chi connectivity index (χ4v) is 3.22. The van der Waals surface area contributed by atoms with Gasteiger partial charge in [-0.2, -0.15) is 17.7 Å². The molecule has 5 nitrogen and oxygen atoms in total. The Bertz CT molecular complexity index is 1390. The van der Waals surface area contributed by atoms with E-state index in [-0.39, 0.29) is 22.2 Å². The third-order valence-corrected chi connectivity index (χ3v) is 4.62. The highest BCUT2D eigenvalue weighted by Gasteiger charge is 2.31. The van der Waals surface area contributed by atoms with Gasteiger partial charge in [-0.3, -0.25) is 14.2 Å². The highest BCUT2D eigenvalue weighted by atomic mass is 19.4. The Morgan fingerprint density at radius 1 is 0.800 bits per heavy atom. The Morgan fingerprint density at radius 3 is 2.17 bits per heavy atom. The molecule has 0 radical (unpaired) electrons. The standard InChI is InChI=1S/C22H13F3N2O3/c23-22(24,25)15-9-6-10-16(13-15)26-18-12-5-4-11-17(18)20(29)27(21(26)30)19(28)14-7-2-1-3-8-14/h1-13H. The summed E-state index contributed by atoms with van der Waals surface area (Å²) in [6.07, 6.45) is -4.62. The van der Waals surface area contributed by atoms with Crippen LogP contribution in [0.4, 0.5) is 13.2 Å². The molecule has 0 saturated carbocycles. The fourth-order valence-electron chi connectivity index (χ4n) is 3.22. The van der Waals surface area contributed by atoms with Gasteiger partial charge in [0.15, 0.2) is 0 Å². The zero-order chi connectivity index (χ0) is 21.5. The van der Waals surface area contributed by atoms with E-state index in [0.717, 1.165) is 22.8 Å². The summed E-state index contributed by atoms with van der Waals surface area (Å²) in [5.41, 5.74) is -2.75. The molecule has 150 valence electrons. The molecule has 30 heavy (non-hydrogen) atoms. The quantitative estimate of drug-likeness (QED) is 0.504.